The third kappa shape index (κ3) is 2.17. The molecule has 0 saturated heterocycles. The Morgan fingerprint density at radius 3 is 2.59 bits per heavy atom. The Hall–Kier alpha value is -2.18. The molecule has 0 saturated carbocycles. The number of benzene rings is 1. The lowest BCUT2D eigenvalue weighted by atomic mass is 10.2. The smallest absolute Gasteiger partial charge is 0.415 e. The molecule has 1 aromatic carbocycles. The Kier molecular flexibility index (Phi) is 2.45. The SMILES string of the molecule is O=c1oc(O)[c-]n1-c1cccc(C(F)(F)F)c1. The van der Waals surface area contributed by atoms with E-state index in [0.29, 0.717) is 4.57 Å². The van der Waals surface area contributed by atoms with E-state index in [0.717, 1.165) is 18.2 Å². The van der Waals surface area contributed by atoms with Gasteiger partial charge in [0.1, 0.15) is 0 Å². The third-order valence-corrected chi connectivity index (χ3v) is 2.01. The third-order valence-electron chi connectivity index (χ3n) is 2.01. The van der Waals surface area contributed by atoms with Crippen LogP contribution in [0.1, 0.15) is 5.56 Å². The average molecular weight is 244 g/mol. The summed E-state index contributed by atoms with van der Waals surface area (Å²) in [5.41, 5.74) is -0.995. The van der Waals surface area contributed by atoms with Crippen LogP contribution in [0.5, 0.6) is 5.95 Å². The van der Waals surface area contributed by atoms with Crippen molar-refractivity contribution in [1.82, 2.24) is 4.57 Å². The van der Waals surface area contributed by atoms with Crippen molar-refractivity contribution in [3.05, 3.63) is 46.6 Å². The van der Waals surface area contributed by atoms with Crippen LogP contribution in [0.2, 0.25) is 0 Å². The molecule has 1 heterocycles. The highest BCUT2D eigenvalue weighted by Gasteiger charge is 2.29. The lowest BCUT2D eigenvalue weighted by Crippen LogP contribution is -2.12. The second kappa shape index (κ2) is 3.69. The normalized spacial score (nSPS) is 11.7. The summed E-state index contributed by atoms with van der Waals surface area (Å²) >= 11 is 0. The molecule has 0 spiro atoms. The van der Waals surface area contributed by atoms with E-state index in [1.165, 1.54) is 6.07 Å². The van der Waals surface area contributed by atoms with Gasteiger partial charge in [-0.2, -0.15) is 13.2 Å². The van der Waals surface area contributed by atoms with Crippen LogP contribution >= 0.6 is 0 Å². The fraction of sp³-hybridized carbons (Fsp3) is 0.100. The molecule has 0 radical (unpaired) electrons. The topological polar surface area (TPSA) is 55.4 Å². The highest BCUT2D eigenvalue weighted by molar-refractivity contribution is 5.37. The first-order valence-corrected chi connectivity index (χ1v) is 4.40. The van der Waals surface area contributed by atoms with Crippen molar-refractivity contribution in [1.29, 1.82) is 0 Å². The summed E-state index contributed by atoms with van der Waals surface area (Å²) < 4.78 is 42.1. The molecule has 0 fully saturated rings. The van der Waals surface area contributed by atoms with Crippen LogP contribution in [0, 0.1) is 6.20 Å². The molecule has 0 unspecified atom stereocenters. The number of rotatable bonds is 1. The summed E-state index contributed by atoms with van der Waals surface area (Å²) in [5.74, 6) is -1.80. The number of hydrogen-bond acceptors (Lipinski definition) is 3. The van der Waals surface area contributed by atoms with Gasteiger partial charge >= 0.3 is 11.9 Å². The number of hydrogen-bond donors (Lipinski definition) is 1. The monoisotopic (exact) mass is 244 g/mol. The minimum atomic E-state index is -4.51. The maximum atomic E-state index is 12.4. The van der Waals surface area contributed by atoms with E-state index in [2.05, 4.69) is 10.6 Å². The van der Waals surface area contributed by atoms with Gasteiger partial charge in [0.15, 0.2) is 0 Å². The molecule has 17 heavy (non-hydrogen) atoms. The molecule has 1 N–H and O–H groups in total. The van der Waals surface area contributed by atoms with Gasteiger partial charge in [0.25, 0.3) is 0 Å². The highest BCUT2D eigenvalue weighted by Crippen LogP contribution is 2.30. The van der Waals surface area contributed by atoms with Gasteiger partial charge in [-0.1, -0.05) is 30.0 Å². The van der Waals surface area contributed by atoms with Crippen molar-refractivity contribution in [3.63, 3.8) is 0 Å². The number of oxazole rings is 1. The lowest BCUT2D eigenvalue weighted by Gasteiger charge is -2.13. The summed E-state index contributed by atoms with van der Waals surface area (Å²) in [6.07, 6.45) is -2.44. The minimum Gasteiger partial charge on any atom is -0.490 e. The predicted octanol–water partition coefficient (Wildman–Crippen LogP) is 1.96. The van der Waals surface area contributed by atoms with Gasteiger partial charge in [-0.15, -0.1) is 0 Å². The van der Waals surface area contributed by atoms with Crippen LogP contribution in [-0.4, -0.2) is 9.67 Å². The first kappa shape index (κ1) is 11.3. The van der Waals surface area contributed by atoms with Crippen LogP contribution in [0.3, 0.4) is 0 Å². The fourth-order valence-electron chi connectivity index (χ4n) is 1.28. The number of nitrogens with zero attached hydrogens (tertiary/aromatic N) is 1. The molecule has 0 amide bonds. The van der Waals surface area contributed by atoms with E-state index >= 15 is 0 Å². The van der Waals surface area contributed by atoms with E-state index in [4.69, 9.17) is 5.11 Å². The Balaban J connectivity index is 2.54. The van der Waals surface area contributed by atoms with Gasteiger partial charge in [0.2, 0.25) is 5.95 Å². The van der Waals surface area contributed by atoms with Crippen molar-refractivity contribution in [2.45, 2.75) is 6.18 Å². The average Bonchev–Trinajstić information content (AvgIpc) is 2.57. The molecule has 0 aliphatic rings. The molecule has 0 atom stereocenters. The maximum absolute atomic E-state index is 12.4. The van der Waals surface area contributed by atoms with Crippen molar-refractivity contribution < 1.29 is 22.7 Å². The van der Waals surface area contributed by atoms with Crippen molar-refractivity contribution >= 4 is 0 Å². The first-order chi connectivity index (χ1) is 7.88. The van der Waals surface area contributed by atoms with Gasteiger partial charge in [0.05, 0.1) is 0 Å². The van der Waals surface area contributed by atoms with Crippen LogP contribution in [0.4, 0.5) is 13.2 Å². The molecule has 90 valence electrons. The second-order valence-corrected chi connectivity index (χ2v) is 3.17. The van der Waals surface area contributed by atoms with Crippen molar-refractivity contribution in [3.8, 4) is 11.6 Å². The summed E-state index contributed by atoms with van der Waals surface area (Å²) in [7, 11) is 0. The summed E-state index contributed by atoms with van der Waals surface area (Å²) in [5, 5.41) is 8.86. The van der Waals surface area contributed by atoms with Gasteiger partial charge in [-0.05, 0) is 6.20 Å². The van der Waals surface area contributed by atoms with Crippen LogP contribution in [-0.2, 0) is 6.18 Å². The van der Waals surface area contributed by atoms with E-state index in [9.17, 15) is 18.0 Å². The zero-order chi connectivity index (χ0) is 12.6. The van der Waals surface area contributed by atoms with Gasteiger partial charge in [-0.3, -0.25) is 0 Å². The van der Waals surface area contributed by atoms with Crippen molar-refractivity contribution in [2.75, 3.05) is 0 Å². The predicted molar refractivity (Wildman–Crippen MR) is 49.8 cm³/mol. The Bertz CT molecular complexity index is 597. The standard InChI is InChI=1S/C10H5F3NO3/c11-10(12,13)6-2-1-3-7(4-6)14-5-8(15)17-9(14)16/h1-4,15H/q-1. The Labute approximate surface area is 92.5 Å². The van der Waals surface area contributed by atoms with E-state index in [-0.39, 0.29) is 5.69 Å². The van der Waals surface area contributed by atoms with Crippen LogP contribution in [0.25, 0.3) is 5.69 Å². The summed E-state index contributed by atoms with van der Waals surface area (Å²) in [4.78, 5) is 11.1. The lowest BCUT2D eigenvalue weighted by molar-refractivity contribution is -0.137. The number of aromatic hydroxyl groups is 1. The number of aromatic nitrogens is 1. The quantitative estimate of drug-likeness (QED) is 0.780. The van der Waals surface area contributed by atoms with E-state index < -0.39 is 23.4 Å². The molecular weight excluding hydrogens is 239 g/mol. The van der Waals surface area contributed by atoms with Gasteiger partial charge in [-0.25, -0.2) is 0 Å². The second-order valence-electron chi connectivity index (χ2n) is 3.17. The van der Waals surface area contributed by atoms with E-state index in [1.807, 2.05) is 0 Å². The zero-order valence-electron chi connectivity index (χ0n) is 8.15. The number of halogens is 3. The summed E-state index contributed by atoms with van der Waals surface area (Å²) in [6.45, 7) is 0. The summed E-state index contributed by atoms with van der Waals surface area (Å²) in [6, 6.07) is 4.03. The number of alkyl halides is 3. The molecule has 0 aliphatic heterocycles. The van der Waals surface area contributed by atoms with Crippen molar-refractivity contribution in [2.24, 2.45) is 0 Å². The molecule has 0 aliphatic carbocycles. The Morgan fingerprint density at radius 1 is 1.35 bits per heavy atom. The fourth-order valence-corrected chi connectivity index (χ4v) is 1.28. The highest BCUT2D eigenvalue weighted by atomic mass is 19.4. The largest absolute Gasteiger partial charge is 0.490 e. The van der Waals surface area contributed by atoms with Crippen LogP contribution < -0.4 is 5.76 Å². The van der Waals surface area contributed by atoms with Crippen LogP contribution in [0.15, 0.2) is 33.5 Å². The molecule has 2 rings (SSSR count). The zero-order valence-corrected chi connectivity index (χ0v) is 8.15. The Morgan fingerprint density at radius 2 is 2.06 bits per heavy atom. The first-order valence-electron chi connectivity index (χ1n) is 4.40. The van der Waals surface area contributed by atoms with Gasteiger partial charge < -0.3 is 18.9 Å². The molecule has 4 nitrogen and oxygen atoms in total. The minimum absolute atomic E-state index is 0.0890. The molecule has 2 aromatic rings. The molecular formula is C10H5F3NO3-. The van der Waals surface area contributed by atoms with E-state index in [1.54, 1.807) is 0 Å². The molecule has 1 aromatic heterocycles. The maximum Gasteiger partial charge on any atom is 0.415 e. The molecule has 0 bridgehead atoms. The molecule has 7 heteroatoms. The van der Waals surface area contributed by atoms with Gasteiger partial charge in [0, 0.05) is 5.56 Å².